The number of ether oxygens (including phenoxy) is 1. The zero-order chi connectivity index (χ0) is 15.6. The number of piperidine rings is 1. The molecular formula is C16H24N4O2. The van der Waals surface area contributed by atoms with Crippen LogP contribution in [0.15, 0.2) is 18.6 Å². The molecule has 22 heavy (non-hydrogen) atoms. The minimum Gasteiger partial charge on any atom is -0.373 e. The van der Waals surface area contributed by atoms with Gasteiger partial charge in [0.25, 0.3) is 5.91 Å². The Bertz CT molecular complexity index is 522. The summed E-state index contributed by atoms with van der Waals surface area (Å²) in [6.45, 7) is 3.29. The highest BCUT2D eigenvalue weighted by Crippen LogP contribution is 2.37. The van der Waals surface area contributed by atoms with Crippen LogP contribution in [0.1, 0.15) is 29.8 Å². The van der Waals surface area contributed by atoms with Crippen molar-refractivity contribution < 1.29 is 9.53 Å². The van der Waals surface area contributed by atoms with Crippen LogP contribution >= 0.6 is 0 Å². The molecule has 3 rings (SSSR count). The van der Waals surface area contributed by atoms with Gasteiger partial charge in [0.05, 0.1) is 24.9 Å². The molecule has 6 heteroatoms. The van der Waals surface area contributed by atoms with Gasteiger partial charge < -0.3 is 14.5 Å². The number of rotatable bonds is 3. The summed E-state index contributed by atoms with van der Waals surface area (Å²) >= 11 is 0. The van der Waals surface area contributed by atoms with Crippen LogP contribution in [0.4, 0.5) is 0 Å². The molecule has 0 aliphatic carbocycles. The first-order chi connectivity index (χ1) is 10.6. The fraction of sp³-hybridized carbons (Fsp3) is 0.688. The maximum atomic E-state index is 12.6. The van der Waals surface area contributed by atoms with E-state index in [2.05, 4.69) is 29.0 Å². The molecule has 0 saturated carbocycles. The Morgan fingerprint density at radius 2 is 2.36 bits per heavy atom. The average Bonchev–Trinajstić information content (AvgIpc) is 2.88. The van der Waals surface area contributed by atoms with Crippen molar-refractivity contribution in [1.82, 2.24) is 19.8 Å². The number of hydrogen-bond acceptors (Lipinski definition) is 5. The van der Waals surface area contributed by atoms with Gasteiger partial charge >= 0.3 is 0 Å². The first-order valence-electron chi connectivity index (χ1n) is 7.92. The molecule has 0 unspecified atom stereocenters. The minimum atomic E-state index is -0.156. The molecular weight excluding hydrogens is 280 g/mol. The highest BCUT2D eigenvalue weighted by molar-refractivity contribution is 5.92. The SMILES string of the molecule is CN(C)C[C@@H]1CO[C@]2(CCCN(C(=O)c3cnccn3)C2)C1. The number of likely N-dealkylation sites (tertiary alicyclic amines) is 1. The maximum Gasteiger partial charge on any atom is 0.274 e. The van der Waals surface area contributed by atoms with Crippen molar-refractivity contribution >= 4 is 5.91 Å². The van der Waals surface area contributed by atoms with E-state index in [-0.39, 0.29) is 11.5 Å². The Balaban J connectivity index is 1.66. The summed E-state index contributed by atoms with van der Waals surface area (Å²) in [6, 6.07) is 0. The lowest BCUT2D eigenvalue weighted by Crippen LogP contribution is -2.50. The molecule has 2 atom stereocenters. The van der Waals surface area contributed by atoms with Gasteiger partial charge in [-0.05, 0) is 39.3 Å². The van der Waals surface area contributed by atoms with Crippen LogP contribution in [-0.2, 0) is 4.74 Å². The summed E-state index contributed by atoms with van der Waals surface area (Å²) in [5.41, 5.74) is 0.263. The van der Waals surface area contributed by atoms with Crippen LogP contribution in [0, 0.1) is 5.92 Å². The Hall–Kier alpha value is -1.53. The van der Waals surface area contributed by atoms with Gasteiger partial charge in [-0.1, -0.05) is 0 Å². The molecule has 0 N–H and O–H groups in total. The summed E-state index contributed by atoms with van der Waals surface area (Å²) in [5, 5.41) is 0. The van der Waals surface area contributed by atoms with Crippen molar-refractivity contribution in [2.45, 2.75) is 24.9 Å². The number of hydrogen-bond donors (Lipinski definition) is 0. The van der Waals surface area contributed by atoms with Gasteiger partial charge in [0.15, 0.2) is 0 Å². The van der Waals surface area contributed by atoms with Gasteiger partial charge in [-0.25, -0.2) is 4.98 Å². The zero-order valence-electron chi connectivity index (χ0n) is 13.4. The number of aromatic nitrogens is 2. The predicted molar refractivity (Wildman–Crippen MR) is 82.5 cm³/mol. The van der Waals surface area contributed by atoms with Gasteiger partial charge in [0.2, 0.25) is 0 Å². The Morgan fingerprint density at radius 1 is 1.50 bits per heavy atom. The molecule has 1 aromatic heterocycles. The molecule has 2 fully saturated rings. The summed E-state index contributed by atoms with van der Waals surface area (Å²) in [7, 11) is 4.19. The molecule has 2 aliphatic rings. The first kappa shape index (κ1) is 15.4. The van der Waals surface area contributed by atoms with Gasteiger partial charge in [0, 0.05) is 25.5 Å². The van der Waals surface area contributed by atoms with Crippen LogP contribution < -0.4 is 0 Å². The zero-order valence-corrected chi connectivity index (χ0v) is 13.4. The normalized spacial score (nSPS) is 28.5. The minimum absolute atomic E-state index is 0.0353. The lowest BCUT2D eigenvalue weighted by molar-refractivity contribution is -0.0451. The Labute approximate surface area is 131 Å². The third kappa shape index (κ3) is 3.28. The molecule has 0 bridgehead atoms. The van der Waals surface area contributed by atoms with Crippen molar-refractivity contribution in [2.24, 2.45) is 5.92 Å². The molecule has 3 heterocycles. The third-order valence-electron chi connectivity index (χ3n) is 4.52. The van der Waals surface area contributed by atoms with Crippen LogP contribution in [0.5, 0.6) is 0 Å². The van der Waals surface area contributed by atoms with E-state index < -0.39 is 0 Å². The number of amides is 1. The fourth-order valence-corrected chi connectivity index (χ4v) is 3.70. The lowest BCUT2D eigenvalue weighted by atomic mass is 9.86. The monoisotopic (exact) mass is 304 g/mol. The molecule has 1 spiro atoms. The fourth-order valence-electron chi connectivity index (χ4n) is 3.70. The van der Waals surface area contributed by atoms with E-state index in [0.717, 1.165) is 39.0 Å². The average molecular weight is 304 g/mol. The van der Waals surface area contributed by atoms with Crippen LogP contribution in [0.25, 0.3) is 0 Å². The maximum absolute atomic E-state index is 12.6. The summed E-state index contributed by atoms with van der Waals surface area (Å²) in [6.07, 6.45) is 7.75. The van der Waals surface area contributed by atoms with Crippen LogP contribution in [0.2, 0.25) is 0 Å². The topological polar surface area (TPSA) is 58.6 Å². The smallest absolute Gasteiger partial charge is 0.274 e. The molecule has 1 aromatic rings. The summed E-state index contributed by atoms with van der Waals surface area (Å²) in [5.74, 6) is 0.522. The van der Waals surface area contributed by atoms with E-state index in [1.54, 1.807) is 12.4 Å². The van der Waals surface area contributed by atoms with E-state index in [1.807, 2.05) is 4.90 Å². The molecule has 0 aromatic carbocycles. The first-order valence-corrected chi connectivity index (χ1v) is 7.92. The van der Waals surface area contributed by atoms with Crippen molar-refractivity contribution in [2.75, 3.05) is 40.3 Å². The van der Waals surface area contributed by atoms with Gasteiger partial charge in [-0.2, -0.15) is 0 Å². The van der Waals surface area contributed by atoms with E-state index in [9.17, 15) is 4.79 Å². The van der Waals surface area contributed by atoms with Crippen LogP contribution in [0.3, 0.4) is 0 Å². The van der Waals surface area contributed by atoms with E-state index >= 15 is 0 Å². The second kappa shape index (κ2) is 6.30. The Kier molecular flexibility index (Phi) is 4.40. The second-order valence-corrected chi connectivity index (χ2v) is 6.75. The van der Waals surface area contributed by atoms with Crippen molar-refractivity contribution in [1.29, 1.82) is 0 Å². The van der Waals surface area contributed by atoms with E-state index in [0.29, 0.717) is 18.2 Å². The third-order valence-corrected chi connectivity index (χ3v) is 4.52. The highest BCUT2D eigenvalue weighted by Gasteiger charge is 2.44. The van der Waals surface area contributed by atoms with Crippen molar-refractivity contribution in [3.05, 3.63) is 24.3 Å². The van der Waals surface area contributed by atoms with Gasteiger partial charge in [0.1, 0.15) is 5.69 Å². The van der Waals surface area contributed by atoms with Crippen molar-refractivity contribution in [3.63, 3.8) is 0 Å². The largest absolute Gasteiger partial charge is 0.373 e. The predicted octanol–water partition coefficient (Wildman–Crippen LogP) is 1.05. The summed E-state index contributed by atoms with van der Waals surface area (Å²) < 4.78 is 6.15. The number of carbonyl (C=O) groups excluding carboxylic acids is 1. The van der Waals surface area contributed by atoms with Crippen LogP contribution in [-0.4, -0.2) is 71.6 Å². The molecule has 120 valence electrons. The van der Waals surface area contributed by atoms with Gasteiger partial charge in [-0.15, -0.1) is 0 Å². The molecule has 0 radical (unpaired) electrons. The molecule has 6 nitrogen and oxygen atoms in total. The number of carbonyl (C=O) groups is 1. The molecule has 2 saturated heterocycles. The second-order valence-electron chi connectivity index (χ2n) is 6.75. The Morgan fingerprint density at radius 3 is 3.09 bits per heavy atom. The standard InChI is InChI=1S/C16H24N4O2/c1-19(2)10-13-8-16(22-11-13)4-3-7-20(12-16)15(21)14-9-17-5-6-18-14/h5-6,9,13H,3-4,7-8,10-12H2,1-2H3/t13-,16-/m1/s1. The highest BCUT2D eigenvalue weighted by atomic mass is 16.5. The van der Waals surface area contributed by atoms with Crippen molar-refractivity contribution in [3.8, 4) is 0 Å². The number of nitrogens with zero attached hydrogens (tertiary/aromatic N) is 4. The lowest BCUT2D eigenvalue weighted by Gasteiger charge is -2.39. The molecule has 2 aliphatic heterocycles. The molecule has 1 amide bonds. The van der Waals surface area contributed by atoms with E-state index in [4.69, 9.17) is 4.74 Å². The quantitative estimate of drug-likeness (QED) is 0.835. The van der Waals surface area contributed by atoms with Gasteiger partial charge in [-0.3, -0.25) is 9.78 Å². The van der Waals surface area contributed by atoms with E-state index in [1.165, 1.54) is 6.20 Å². The summed E-state index contributed by atoms with van der Waals surface area (Å²) in [4.78, 5) is 24.8.